The molecule has 3 radical (unpaired) electrons. The van der Waals surface area contributed by atoms with Crippen LogP contribution in [-0.4, -0.2) is 54.6 Å². The molecule has 24 heavy (non-hydrogen) atoms. The highest BCUT2D eigenvalue weighted by molar-refractivity contribution is 6.33. The van der Waals surface area contributed by atoms with Crippen LogP contribution in [0.25, 0.3) is 0 Å². The molecule has 0 saturated heterocycles. The fourth-order valence-electron chi connectivity index (χ4n) is 1.71. The van der Waals surface area contributed by atoms with E-state index in [-0.39, 0.29) is 20.6 Å². The summed E-state index contributed by atoms with van der Waals surface area (Å²) in [5.41, 5.74) is -0.106. The Kier molecular flexibility index (Phi) is 8.35. The Morgan fingerprint density at radius 1 is 1.21 bits per heavy atom. The van der Waals surface area contributed by atoms with Crippen molar-refractivity contribution in [2.24, 2.45) is 0 Å². The summed E-state index contributed by atoms with van der Waals surface area (Å²) in [7, 11) is -1.93. The predicted octanol–water partition coefficient (Wildman–Crippen LogP) is 0.174. The number of carboxylic acid groups (broad SMARTS) is 1. The van der Waals surface area contributed by atoms with Gasteiger partial charge in [-0.3, -0.25) is 0 Å². The minimum absolute atomic E-state index is 0. The minimum atomic E-state index is -1.93. The first kappa shape index (κ1) is 21.8. The van der Waals surface area contributed by atoms with Gasteiger partial charge in [0.1, 0.15) is 17.4 Å². The van der Waals surface area contributed by atoms with Gasteiger partial charge in [-0.1, -0.05) is 12.1 Å². The van der Waals surface area contributed by atoms with Crippen LogP contribution in [-0.2, 0) is 16.0 Å². The first-order chi connectivity index (χ1) is 10.6. The quantitative estimate of drug-likeness (QED) is 0.546. The summed E-state index contributed by atoms with van der Waals surface area (Å²) in [6.45, 7) is 5.03. The van der Waals surface area contributed by atoms with Crippen molar-refractivity contribution in [1.82, 2.24) is 5.32 Å². The molecule has 1 unspecified atom stereocenters. The number of carbonyl (C=O) groups excluding carboxylic acids is 1. The first-order valence-corrected chi connectivity index (χ1v) is 6.91. The van der Waals surface area contributed by atoms with Crippen LogP contribution in [0.4, 0.5) is 4.79 Å². The molecule has 8 nitrogen and oxygen atoms in total. The SMILES string of the molecule is CC(C)(C)OC(=O)NC(Cc1ccc(OB(O)O)cc1)C(=O)O.[B]. The molecule has 1 aromatic rings. The smallest absolute Gasteiger partial charge is 0.512 e. The summed E-state index contributed by atoms with van der Waals surface area (Å²) in [6.07, 6.45) is -0.774. The Morgan fingerprint density at radius 3 is 2.17 bits per heavy atom. The van der Waals surface area contributed by atoms with E-state index in [1.165, 1.54) is 12.1 Å². The van der Waals surface area contributed by atoms with E-state index < -0.39 is 31.0 Å². The number of benzene rings is 1. The van der Waals surface area contributed by atoms with Crippen molar-refractivity contribution in [3.8, 4) is 5.75 Å². The molecular weight excluding hydrogens is 316 g/mol. The van der Waals surface area contributed by atoms with Crippen LogP contribution in [0.3, 0.4) is 0 Å². The zero-order valence-electron chi connectivity index (χ0n) is 13.7. The van der Waals surface area contributed by atoms with Gasteiger partial charge in [0, 0.05) is 14.8 Å². The molecule has 10 heteroatoms. The average molecular weight is 336 g/mol. The number of rotatable bonds is 6. The Hall–Kier alpha value is -2.19. The van der Waals surface area contributed by atoms with Crippen LogP contribution in [0.1, 0.15) is 26.3 Å². The molecule has 129 valence electrons. The van der Waals surface area contributed by atoms with E-state index in [1.54, 1.807) is 32.9 Å². The number of aliphatic carboxylic acids is 1. The van der Waals surface area contributed by atoms with E-state index in [9.17, 15) is 14.7 Å². The standard InChI is InChI=1S/C14H20BNO7.B/c1-14(2,3)22-13(19)16-11(12(17)18)8-9-4-6-10(7-5-9)23-15(20)21;/h4-7,11,20-21H,8H2,1-3H3,(H,16,19)(H,17,18);. The average Bonchev–Trinajstić information content (AvgIpc) is 2.37. The van der Waals surface area contributed by atoms with Crippen molar-refractivity contribution in [3.05, 3.63) is 29.8 Å². The molecule has 0 aliphatic heterocycles. The molecule has 1 atom stereocenters. The number of hydrogen-bond donors (Lipinski definition) is 4. The van der Waals surface area contributed by atoms with E-state index >= 15 is 0 Å². The molecule has 0 spiro atoms. The number of alkyl carbamates (subject to hydrolysis) is 1. The third kappa shape index (κ3) is 8.44. The molecule has 1 amide bonds. The normalized spacial score (nSPS) is 11.7. The van der Waals surface area contributed by atoms with Crippen molar-refractivity contribution in [1.29, 1.82) is 0 Å². The molecule has 0 aromatic heterocycles. The highest BCUT2D eigenvalue weighted by Crippen LogP contribution is 2.14. The van der Waals surface area contributed by atoms with Crippen molar-refractivity contribution in [3.63, 3.8) is 0 Å². The lowest BCUT2D eigenvalue weighted by atomic mass is 10.1. The van der Waals surface area contributed by atoms with Crippen molar-refractivity contribution in [2.75, 3.05) is 0 Å². The maximum atomic E-state index is 11.7. The van der Waals surface area contributed by atoms with Gasteiger partial charge in [-0.15, -0.1) is 0 Å². The lowest BCUT2D eigenvalue weighted by molar-refractivity contribution is -0.139. The molecule has 0 bridgehead atoms. The predicted molar refractivity (Wildman–Crippen MR) is 87.5 cm³/mol. The number of carboxylic acids is 1. The van der Waals surface area contributed by atoms with Crippen LogP contribution in [0.15, 0.2) is 24.3 Å². The van der Waals surface area contributed by atoms with Crippen LogP contribution < -0.4 is 9.97 Å². The fraction of sp³-hybridized carbons (Fsp3) is 0.429. The number of hydrogen-bond acceptors (Lipinski definition) is 6. The Balaban J connectivity index is 0.00000529. The fourth-order valence-corrected chi connectivity index (χ4v) is 1.71. The van der Waals surface area contributed by atoms with Gasteiger partial charge < -0.3 is 29.9 Å². The topological polar surface area (TPSA) is 125 Å². The van der Waals surface area contributed by atoms with Crippen LogP contribution in [0.5, 0.6) is 5.75 Å². The van der Waals surface area contributed by atoms with Gasteiger partial charge >= 0.3 is 19.4 Å². The molecule has 0 saturated carbocycles. The number of nitrogens with one attached hydrogen (secondary N) is 1. The van der Waals surface area contributed by atoms with Crippen LogP contribution >= 0.6 is 0 Å². The number of amides is 1. The second-order valence-electron chi connectivity index (χ2n) is 5.83. The van der Waals surface area contributed by atoms with Gasteiger partial charge in [0.25, 0.3) is 0 Å². The van der Waals surface area contributed by atoms with Gasteiger partial charge in [-0.05, 0) is 38.5 Å². The summed E-state index contributed by atoms with van der Waals surface area (Å²) in [5.74, 6) is -0.974. The lowest BCUT2D eigenvalue weighted by Crippen LogP contribution is -2.44. The Labute approximate surface area is 142 Å². The monoisotopic (exact) mass is 336 g/mol. The maximum absolute atomic E-state index is 11.7. The van der Waals surface area contributed by atoms with Gasteiger partial charge in [0.2, 0.25) is 0 Å². The van der Waals surface area contributed by atoms with E-state index in [2.05, 4.69) is 9.97 Å². The highest BCUT2D eigenvalue weighted by Gasteiger charge is 2.24. The second-order valence-corrected chi connectivity index (χ2v) is 5.83. The molecule has 4 N–H and O–H groups in total. The summed E-state index contributed by atoms with van der Waals surface area (Å²) < 4.78 is 9.68. The van der Waals surface area contributed by atoms with E-state index in [4.69, 9.17) is 14.8 Å². The molecule has 1 rings (SSSR count). The summed E-state index contributed by atoms with van der Waals surface area (Å²) >= 11 is 0. The molecule has 0 fully saturated rings. The third-order valence-electron chi connectivity index (χ3n) is 2.59. The van der Waals surface area contributed by atoms with E-state index in [0.717, 1.165) is 0 Å². The van der Waals surface area contributed by atoms with E-state index in [0.29, 0.717) is 5.56 Å². The lowest BCUT2D eigenvalue weighted by Gasteiger charge is -2.22. The number of carbonyl (C=O) groups is 2. The molecule has 1 aromatic carbocycles. The zero-order chi connectivity index (χ0) is 17.6. The summed E-state index contributed by atoms with van der Waals surface area (Å²) in [4.78, 5) is 22.9. The van der Waals surface area contributed by atoms with Gasteiger partial charge in [-0.25, -0.2) is 9.59 Å². The third-order valence-corrected chi connectivity index (χ3v) is 2.59. The first-order valence-electron chi connectivity index (χ1n) is 6.91. The van der Waals surface area contributed by atoms with Gasteiger partial charge in [0.15, 0.2) is 0 Å². The van der Waals surface area contributed by atoms with Crippen molar-refractivity contribution in [2.45, 2.75) is 38.8 Å². The number of ether oxygens (including phenoxy) is 1. The largest absolute Gasteiger partial charge is 0.707 e. The van der Waals surface area contributed by atoms with Gasteiger partial charge in [-0.2, -0.15) is 0 Å². The maximum Gasteiger partial charge on any atom is 0.707 e. The molecule has 0 aliphatic rings. The summed E-state index contributed by atoms with van der Waals surface area (Å²) in [5, 5.41) is 28.8. The summed E-state index contributed by atoms with van der Waals surface area (Å²) in [6, 6.07) is 4.89. The van der Waals surface area contributed by atoms with Crippen LogP contribution in [0.2, 0.25) is 0 Å². The molecular formula is C14H20B2NO7. The van der Waals surface area contributed by atoms with Crippen molar-refractivity contribution < 1.29 is 34.1 Å². The highest BCUT2D eigenvalue weighted by atomic mass is 16.6. The van der Waals surface area contributed by atoms with Crippen molar-refractivity contribution >= 4 is 27.8 Å². The second kappa shape index (κ2) is 9.19. The van der Waals surface area contributed by atoms with Gasteiger partial charge in [0.05, 0.1) is 0 Å². The minimum Gasteiger partial charge on any atom is -0.512 e. The Bertz CT molecular complexity index is 543. The van der Waals surface area contributed by atoms with E-state index in [1.807, 2.05) is 0 Å². The van der Waals surface area contributed by atoms with Crippen LogP contribution in [0, 0.1) is 0 Å². The molecule has 0 heterocycles. The molecule has 0 aliphatic carbocycles. The zero-order valence-corrected chi connectivity index (χ0v) is 13.7. The Morgan fingerprint density at radius 2 is 1.75 bits per heavy atom.